The van der Waals surface area contributed by atoms with E-state index in [9.17, 15) is 4.79 Å². The van der Waals surface area contributed by atoms with E-state index in [1.165, 1.54) is 11.3 Å². The molecule has 28 heavy (non-hydrogen) atoms. The second-order valence-corrected chi connectivity index (χ2v) is 6.58. The fraction of sp³-hybridized carbons (Fsp3) is 0.200. The quantitative estimate of drug-likeness (QED) is 0.599. The lowest BCUT2D eigenvalue weighted by molar-refractivity contribution is 0.0946. The lowest BCUT2D eigenvalue weighted by Crippen LogP contribution is -2.23. The van der Waals surface area contributed by atoms with Crippen molar-refractivity contribution in [2.45, 2.75) is 6.54 Å². The van der Waals surface area contributed by atoms with Crippen molar-refractivity contribution in [3.8, 4) is 17.2 Å². The Morgan fingerprint density at radius 1 is 1.04 bits per heavy atom. The van der Waals surface area contributed by atoms with Crippen LogP contribution in [0.3, 0.4) is 0 Å². The van der Waals surface area contributed by atoms with Crippen LogP contribution in [-0.4, -0.2) is 32.2 Å². The maximum absolute atomic E-state index is 12.4. The highest BCUT2D eigenvalue weighted by Gasteiger charge is 2.13. The minimum absolute atomic E-state index is 0.253. The molecule has 0 aliphatic heterocycles. The van der Waals surface area contributed by atoms with Gasteiger partial charge >= 0.3 is 0 Å². The van der Waals surface area contributed by atoms with Crippen LogP contribution in [0.4, 0.5) is 10.8 Å². The van der Waals surface area contributed by atoms with Crippen molar-refractivity contribution in [3.63, 3.8) is 0 Å². The van der Waals surface area contributed by atoms with Gasteiger partial charge in [-0.1, -0.05) is 18.2 Å². The van der Waals surface area contributed by atoms with Crippen LogP contribution < -0.4 is 24.8 Å². The molecule has 0 saturated heterocycles. The van der Waals surface area contributed by atoms with E-state index in [1.807, 2.05) is 36.4 Å². The number of ether oxygens (including phenoxy) is 3. The summed E-state index contributed by atoms with van der Waals surface area (Å²) < 4.78 is 15.9. The highest BCUT2D eigenvalue weighted by Crippen LogP contribution is 2.32. The molecule has 0 atom stereocenters. The van der Waals surface area contributed by atoms with Crippen LogP contribution in [0.5, 0.6) is 17.2 Å². The molecule has 3 rings (SSSR count). The normalized spacial score (nSPS) is 10.2. The summed E-state index contributed by atoms with van der Waals surface area (Å²) in [5, 5.41) is 8.32. The number of nitrogens with zero attached hydrogens (tertiary/aromatic N) is 1. The molecule has 0 aliphatic carbocycles. The zero-order valence-electron chi connectivity index (χ0n) is 15.8. The van der Waals surface area contributed by atoms with Crippen molar-refractivity contribution in [1.29, 1.82) is 0 Å². The second-order valence-electron chi connectivity index (χ2n) is 5.72. The summed E-state index contributed by atoms with van der Waals surface area (Å²) in [6.45, 7) is 0.357. The molecule has 1 heterocycles. The smallest absolute Gasteiger partial charge is 0.271 e. The maximum atomic E-state index is 12.4. The predicted octanol–water partition coefficient (Wildman–Crippen LogP) is 3.84. The monoisotopic (exact) mass is 399 g/mol. The summed E-state index contributed by atoms with van der Waals surface area (Å²) in [4.78, 5) is 16.8. The van der Waals surface area contributed by atoms with Crippen LogP contribution >= 0.6 is 11.3 Å². The molecular weight excluding hydrogens is 378 g/mol. The average Bonchev–Trinajstić information content (AvgIpc) is 3.21. The first kappa shape index (κ1) is 19.5. The lowest BCUT2D eigenvalue weighted by atomic mass is 10.2. The van der Waals surface area contributed by atoms with Gasteiger partial charge in [-0.25, -0.2) is 4.98 Å². The Kier molecular flexibility index (Phi) is 6.33. The van der Waals surface area contributed by atoms with Gasteiger partial charge in [0.25, 0.3) is 5.91 Å². The molecule has 146 valence electrons. The Balaban J connectivity index is 1.66. The first-order valence-corrected chi connectivity index (χ1v) is 9.37. The van der Waals surface area contributed by atoms with Gasteiger partial charge in [0.15, 0.2) is 5.13 Å². The Morgan fingerprint density at radius 3 is 2.57 bits per heavy atom. The topological polar surface area (TPSA) is 81.7 Å². The van der Waals surface area contributed by atoms with Crippen molar-refractivity contribution in [2.24, 2.45) is 0 Å². The third kappa shape index (κ3) is 4.52. The number of rotatable bonds is 8. The molecule has 0 unspecified atom stereocenters. The molecule has 0 aliphatic rings. The van der Waals surface area contributed by atoms with Gasteiger partial charge in [0.05, 0.1) is 27.0 Å². The Morgan fingerprint density at radius 2 is 1.82 bits per heavy atom. The first-order chi connectivity index (χ1) is 13.6. The molecular formula is C20H21N3O4S. The van der Waals surface area contributed by atoms with Gasteiger partial charge in [0.2, 0.25) is 0 Å². The van der Waals surface area contributed by atoms with Crippen LogP contribution in [0, 0.1) is 0 Å². The number of hydrogen-bond acceptors (Lipinski definition) is 7. The lowest BCUT2D eigenvalue weighted by Gasteiger charge is -2.10. The fourth-order valence-electron chi connectivity index (χ4n) is 2.57. The largest absolute Gasteiger partial charge is 0.497 e. The number of hydrogen-bond donors (Lipinski definition) is 2. The molecule has 8 heteroatoms. The van der Waals surface area contributed by atoms with Crippen LogP contribution in [0.2, 0.25) is 0 Å². The van der Waals surface area contributed by atoms with E-state index in [0.717, 1.165) is 17.0 Å². The molecule has 3 aromatic rings. The van der Waals surface area contributed by atoms with Gasteiger partial charge in [-0.15, -0.1) is 11.3 Å². The van der Waals surface area contributed by atoms with Gasteiger partial charge in [-0.2, -0.15) is 0 Å². The first-order valence-electron chi connectivity index (χ1n) is 8.49. The van der Waals surface area contributed by atoms with Gasteiger partial charge in [0, 0.05) is 23.6 Å². The van der Waals surface area contributed by atoms with E-state index < -0.39 is 0 Å². The van der Waals surface area contributed by atoms with Crippen molar-refractivity contribution in [1.82, 2.24) is 10.3 Å². The highest BCUT2D eigenvalue weighted by atomic mass is 32.1. The van der Waals surface area contributed by atoms with Crippen LogP contribution in [0.15, 0.2) is 47.8 Å². The molecule has 1 amide bonds. The summed E-state index contributed by atoms with van der Waals surface area (Å²) in [6, 6.07) is 13.0. The minimum atomic E-state index is -0.253. The number of nitrogens with one attached hydrogen (secondary N) is 2. The molecule has 0 saturated carbocycles. The summed E-state index contributed by atoms with van der Waals surface area (Å²) in [7, 11) is 4.78. The van der Waals surface area contributed by atoms with Crippen LogP contribution in [0.1, 0.15) is 16.1 Å². The molecule has 0 bridgehead atoms. The Labute approximate surface area is 167 Å². The standard InChI is InChI=1S/C20H21N3O4S/c1-25-14-8-9-15(18(10-14)27-3)22-20-23-16(12-28-20)19(24)21-11-13-6-4-5-7-17(13)26-2/h4-10,12H,11H2,1-3H3,(H,21,24)(H,22,23). The summed E-state index contributed by atoms with van der Waals surface area (Å²) in [5.41, 5.74) is 1.98. The number of methoxy groups -OCH3 is 3. The molecule has 0 spiro atoms. The molecule has 7 nitrogen and oxygen atoms in total. The zero-order chi connectivity index (χ0) is 19.9. The SMILES string of the molecule is COc1ccc(Nc2nc(C(=O)NCc3ccccc3OC)cs2)c(OC)c1. The van der Waals surface area contributed by atoms with E-state index in [2.05, 4.69) is 15.6 Å². The van der Waals surface area contributed by atoms with Crippen molar-refractivity contribution < 1.29 is 19.0 Å². The van der Waals surface area contributed by atoms with Gasteiger partial charge in [-0.3, -0.25) is 4.79 Å². The number of anilines is 2. The summed E-state index contributed by atoms with van der Waals surface area (Å²) >= 11 is 1.34. The van der Waals surface area contributed by atoms with Crippen LogP contribution in [0.25, 0.3) is 0 Å². The van der Waals surface area contributed by atoms with Gasteiger partial charge in [0.1, 0.15) is 22.9 Å². The molecule has 0 radical (unpaired) electrons. The molecule has 1 aromatic heterocycles. The number of aromatic nitrogens is 1. The summed E-state index contributed by atoms with van der Waals surface area (Å²) in [5.74, 6) is 1.79. The van der Waals surface area contributed by atoms with Gasteiger partial charge in [-0.05, 0) is 18.2 Å². The number of benzene rings is 2. The minimum Gasteiger partial charge on any atom is -0.497 e. The van der Waals surface area contributed by atoms with Crippen molar-refractivity contribution in [3.05, 3.63) is 59.1 Å². The maximum Gasteiger partial charge on any atom is 0.271 e. The number of thiazole rings is 1. The Hall–Kier alpha value is -3.26. The zero-order valence-corrected chi connectivity index (χ0v) is 16.6. The molecule has 2 N–H and O–H groups in total. The average molecular weight is 399 g/mol. The number of carbonyl (C=O) groups excluding carboxylic acids is 1. The summed E-state index contributed by atoms with van der Waals surface area (Å²) in [6.07, 6.45) is 0. The highest BCUT2D eigenvalue weighted by molar-refractivity contribution is 7.14. The third-order valence-corrected chi connectivity index (χ3v) is 4.78. The number of para-hydroxylation sites is 1. The molecule has 0 fully saturated rings. The van der Waals surface area contributed by atoms with E-state index in [4.69, 9.17) is 14.2 Å². The number of amides is 1. The molecule has 2 aromatic carbocycles. The Bertz CT molecular complexity index is 958. The van der Waals surface area contributed by atoms with Crippen molar-refractivity contribution >= 4 is 28.1 Å². The second kappa shape index (κ2) is 9.09. The fourth-order valence-corrected chi connectivity index (χ4v) is 3.27. The third-order valence-electron chi connectivity index (χ3n) is 4.02. The van der Waals surface area contributed by atoms with Gasteiger partial charge < -0.3 is 24.8 Å². The van der Waals surface area contributed by atoms with E-state index in [-0.39, 0.29) is 5.91 Å². The van der Waals surface area contributed by atoms with E-state index in [0.29, 0.717) is 28.9 Å². The predicted molar refractivity (Wildman–Crippen MR) is 109 cm³/mol. The van der Waals surface area contributed by atoms with E-state index >= 15 is 0 Å². The van der Waals surface area contributed by atoms with E-state index in [1.54, 1.807) is 32.8 Å². The number of carbonyl (C=O) groups is 1. The van der Waals surface area contributed by atoms with Crippen molar-refractivity contribution in [2.75, 3.05) is 26.6 Å². The van der Waals surface area contributed by atoms with Crippen LogP contribution in [-0.2, 0) is 6.54 Å².